The first-order valence-corrected chi connectivity index (χ1v) is 8.47. The lowest BCUT2D eigenvalue weighted by atomic mass is 10.1. The molecule has 9 heteroatoms. The van der Waals surface area contributed by atoms with Crippen LogP contribution in [0.15, 0.2) is 42.7 Å². The van der Waals surface area contributed by atoms with E-state index in [2.05, 4.69) is 10.3 Å². The lowest BCUT2D eigenvalue weighted by Gasteiger charge is -2.22. The molecule has 0 radical (unpaired) electrons. The van der Waals surface area contributed by atoms with Gasteiger partial charge in [-0.15, -0.1) is 0 Å². The number of carbonyl (C=O) groups excluding carboxylic acids is 2. The van der Waals surface area contributed by atoms with Crippen molar-refractivity contribution in [3.05, 3.63) is 58.9 Å². The van der Waals surface area contributed by atoms with Crippen LogP contribution in [0.5, 0.6) is 0 Å². The summed E-state index contributed by atoms with van der Waals surface area (Å²) in [6, 6.07) is 6.72. The highest BCUT2D eigenvalue weighted by atomic mass is 35.5. The minimum Gasteiger partial charge on any atom is -0.352 e. The zero-order valence-corrected chi connectivity index (χ0v) is 14.7. The zero-order valence-electron chi connectivity index (χ0n) is 14.0. The number of halogens is 4. The van der Waals surface area contributed by atoms with Crippen LogP contribution >= 0.6 is 11.6 Å². The molecule has 0 bridgehead atoms. The molecule has 2 aromatic rings. The molecule has 27 heavy (non-hydrogen) atoms. The summed E-state index contributed by atoms with van der Waals surface area (Å²) in [5.41, 5.74) is -0.511. The maximum Gasteiger partial charge on any atom is 0.418 e. The highest BCUT2D eigenvalue weighted by molar-refractivity contribution is 6.30. The van der Waals surface area contributed by atoms with Crippen LogP contribution in [0.3, 0.4) is 0 Å². The number of nitrogens with one attached hydrogen (secondary N) is 1. The van der Waals surface area contributed by atoms with E-state index >= 15 is 0 Å². The summed E-state index contributed by atoms with van der Waals surface area (Å²) in [7, 11) is 0. The number of anilines is 1. The summed E-state index contributed by atoms with van der Waals surface area (Å²) in [5, 5.41) is 2.61. The van der Waals surface area contributed by atoms with E-state index in [1.54, 1.807) is 24.5 Å². The fraction of sp³-hybridized carbons (Fsp3) is 0.278. The molecule has 142 valence electrons. The molecule has 2 heterocycles. The molecule has 1 aliphatic rings. The monoisotopic (exact) mass is 397 g/mol. The highest BCUT2D eigenvalue weighted by Gasteiger charge is 2.41. The molecule has 0 saturated carbocycles. The van der Waals surface area contributed by atoms with E-state index in [-0.39, 0.29) is 30.2 Å². The molecule has 3 rings (SSSR count). The van der Waals surface area contributed by atoms with E-state index in [0.29, 0.717) is 0 Å². The van der Waals surface area contributed by atoms with Crippen molar-refractivity contribution in [2.24, 2.45) is 5.92 Å². The van der Waals surface area contributed by atoms with Crippen molar-refractivity contribution in [2.45, 2.75) is 19.1 Å². The predicted molar refractivity (Wildman–Crippen MR) is 93.0 cm³/mol. The Hall–Kier alpha value is -2.61. The van der Waals surface area contributed by atoms with E-state index in [1.807, 2.05) is 0 Å². The van der Waals surface area contributed by atoms with Crippen LogP contribution in [0.2, 0.25) is 5.02 Å². The van der Waals surface area contributed by atoms with Crippen LogP contribution in [0.25, 0.3) is 0 Å². The maximum absolute atomic E-state index is 13.3. The number of nitrogens with zero attached hydrogens (tertiary/aromatic N) is 2. The van der Waals surface area contributed by atoms with Gasteiger partial charge in [-0.3, -0.25) is 14.6 Å². The third-order valence-corrected chi connectivity index (χ3v) is 4.48. The Morgan fingerprint density at radius 3 is 2.78 bits per heavy atom. The second-order valence-corrected chi connectivity index (χ2v) is 6.58. The second-order valence-electron chi connectivity index (χ2n) is 6.14. The Kier molecular flexibility index (Phi) is 5.36. The number of benzene rings is 1. The van der Waals surface area contributed by atoms with Gasteiger partial charge in [0.15, 0.2) is 0 Å². The van der Waals surface area contributed by atoms with Gasteiger partial charge in [-0.25, -0.2) is 0 Å². The van der Waals surface area contributed by atoms with Crippen molar-refractivity contribution in [1.82, 2.24) is 10.3 Å². The Morgan fingerprint density at radius 1 is 1.33 bits per heavy atom. The largest absolute Gasteiger partial charge is 0.418 e. The van der Waals surface area contributed by atoms with Gasteiger partial charge in [0.25, 0.3) is 0 Å². The van der Waals surface area contributed by atoms with Gasteiger partial charge in [-0.2, -0.15) is 13.2 Å². The Labute approximate surface area is 158 Å². The molecule has 1 N–H and O–H groups in total. The molecule has 1 unspecified atom stereocenters. The molecule has 5 nitrogen and oxygen atoms in total. The smallest absolute Gasteiger partial charge is 0.352 e. The van der Waals surface area contributed by atoms with E-state index < -0.39 is 29.5 Å². The second kappa shape index (κ2) is 7.56. The van der Waals surface area contributed by atoms with Gasteiger partial charge in [0.05, 0.1) is 17.2 Å². The van der Waals surface area contributed by atoms with E-state index in [4.69, 9.17) is 11.6 Å². The first-order chi connectivity index (χ1) is 12.8. The van der Waals surface area contributed by atoms with Gasteiger partial charge in [0.1, 0.15) is 0 Å². The summed E-state index contributed by atoms with van der Waals surface area (Å²) < 4.78 is 39.9. The van der Waals surface area contributed by atoms with Crippen molar-refractivity contribution < 1.29 is 22.8 Å². The molecule has 0 aliphatic carbocycles. The lowest BCUT2D eigenvalue weighted by Crippen LogP contribution is -2.33. The number of hydrogen-bond acceptors (Lipinski definition) is 3. The van der Waals surface area contributed by atoms with Gasteiger partial charge < -0.3 is 10.2 Å². The van der Waals surface area contributed by atoms with E-state index in [0.717, 1.165) is 22.6 Å². The molecule has 1 aliphatic heterocycles. The quantitative estimate of drug-likeness (QED) is 0.859. The average molecular weight is 398 g/mol. The summed E-state index contributed by atoms with van der Waals surface area (Å²) in [6.45, 7) is 0.106. The summed E-state index contributed by atoms with van der Waals surface area (Å²) in [4.78, 5) is 29.5. The van der Waals surface area contributed by atoms with E-state index in [9.17, 15) is 22.8 Å². The van der Waals surface area contributed by atoms with Crippen LogP contribution in [0.4, 0.5) is 18.9 Å². The molecule has 1 saturated heterocycles. The van der Waals surface area contributed by atoms with Crippen molar-refractivity contribution in [2.75, 3.05) is 11.4 Å². The number of carbonyl (C=O) groups is 2. The molecular formula is C18H15ClF3N3O2. The molecule has 2 amide bonds. The first-order valence-electron chi connectivity index (χ1n) is 8.09. The van der Waals surface area contributed by atoms with Gasteiger partial charge in [-0.05, 0) is 29.8 Å². The average Bonchev–Trinajstić information content (AvgIpc) is 3.01. The number of alkyl halides is 3. The SMILES string of the molecule is O=C(NCc1cccnc1)C1CC(=O)N(c2ccc(Cl)cc2C(F)(F)F)C1. The first kappa shape index (κ1) is 19.2. The van der Waals surface area contributed by atoms with Crippen LogP contribution in [-0.2, 0) is 22.3 Å². The van der Waals surface area contributed by atoms with Crippen LogP contribution in [-0.4, -0.2) is 23.3 Å². The predicted octanol–water partition coefficient (Wildman–Crippen LogP) is 3.42. The standard InChI is InChI=1S/C18H15ClF3N3O2/c19-13-3-4-15(14(7-13)18(20,21)22)25-10-12(6-16(25)26)17(27)24-9-11-2-1-5-23-8-11/h1-5,7-8,12H,6,9-10H2,(H,24,27). The third kappa shape index (κ3) is 4.39. The minimum atomic E-state index is -4.67. The lowest BCUT2D eigenvalue weighted by molar-refractivity contribution is -0.137. The number of rotatable bonds is 4. The number of amides is 2. The Balaban J connectivity index is 1.73. The van der Waals surface area contributed by atoms with Crippen molar-refractivity contribution in [1.29, 1.82) is 0 Å². The molecular weight excluding hydrogens is 383 g/mol. The van der Waals surface area contributed by atoms with Crippen LogP contribution < -0.4 is 10.2 Å². The Bertz CT molecular complexity index is 859. The summed E-state index contributed by atoms with van der Waals surface area (Å²) >= 11 is 5.67. The van der Waals surface area contributed by atoms with Crippen molar-refractivity contribution >= 4 is 29.1 Å². The number of aromatic nitrogens is 1. The van der Waals surface area contributed by atoms with Gasteiger partial charge in [0.2, 0.25) is 11.8 Å². The van der Waals surface area contributed by atoms with Crippen molar-refractivity contribution in [3.8, 4) is 0 Å². The highest BCUT2D eigenvalue weighted by Crippen LogP contribution is 2.40. The molecule has 1 aromatic carbocycles. The Morgan fingerprint density at radius 2 is 2.11 bits per heavy atom. The topological polar surface area (TPSA) is 62.3 Å². The molecule has 1 aromatic heterocycles. The van der Waals surface area contributed by atoms with Gasteiger partial charge >= 0.3 is 6.18 Å². The minimum absolute atomic E-state index is 0.0801. The van der Waals surface area contributed by atoms with Gasteiger partial charge in [-0.1, -0.05) is 17.7 Å². The fourth-order valence-electron chi connectivity index (χ4n) is 2.92. The fourth-order valence-corrected chi connectivity index (χ4v) is 3.10. The third-order valence-electron chi connectivity index (χ3n) is 4.24. The van der Waals surface area contributed by atoms with E-state index in [1.165, 1.54) is 6.07 Å². The molecule has 1 atom stereocenters. The summed E-state index contributed by atoms with van der Waals surface area (Å²) in [5.74, 6) is -1.66. The van der Waals surface area contributed by atoms with Gasteiger partial charge in [0, 0.05) is 36.9 Å². The van der Waals surface area contributed by atoms with Crippen molar-refractivity contribution in [3.63, 3.8) is 0 Å². The summed E-state index contributed by atoms with van der Waals surface area (Å²) in [6.07, 6.45) is -1.63. The maximum atomic E-state index is 13.3. The van der Waals surface area contributed by atoms with Crippen LogP contribution in [0, 0.1) is 5.92 Å². The number of pyridine rings is 1. The molecule has 0 spiro atoms. The molecule has 1 fully saturated rings. The zero-order chi connectivity index (χ0) is 19.6. The normalized spacial score (nSPS) is 17.3. The number of hydrogen-bond donors (Lipinski definition) is 1. The van der Waals surface area contributed by atoms with Crippen LogP contribution in [0.1, 0.15) is 17.5 Å².